The predicted molar refractivity (Wildman–Crippen MR) is 141 cm³/mol. The molecule has 0 radical (unpaired) electrons. The van der Waals surface area contributed by atoms with Crippen LogP contribution >= 0.6 is 0 Å². The van der Waals surface area contributed by atoms with Gasteiger partial charge in [0.05, 0.1) is 0 Å². The van der Waals surface area contributed by atoms with Crippen LogP contribution in [-0.4, -0.2) is 53.7 Å². The Kier molecular flexibility index (Phi) is 6.88. The van der Waals surface area contributed by atoms with Crippen LogP contribution in [0.5, 0.6) is 0 Å². The molecule has 196 valence electrons. The fraction of sp³-hybridized carbons (Fsp3) is 0.308. The van der Waals surface area contributed by atoms with Crippen molar-refractivity contribution in [1.82, 2.24) is 39.5 Å². The van der Waals surface area contributed by atoms with Gasteiger partial charge >= 0.3 is 5.69 Å². The summed E-state index contributed by atoms with van der Waals surface area (Å²) in [6.45, 7) is 4.06. The van der Waals surface area contributed by atoms with Crippen molar-refractivity contribution in [2.45, 2.75) is 39.5 Å². The van der Waals surface area contributed by atoms with E-state index in [1.807, 2.05) is 60.0 Å². The number of methoxy groups -OCH3 is 1. The summed E-state index contributed by atoms with van der Waals surface area (Å²) in [5.74, 6) is 1.28. The average Bonchev–Trinajstić information content (AvgIpc) is 3.59. The van der Waals surface area contributed by atoms with Gasteiger partial charge in [0.25, 0.3) is 5.56 Å². The van der Waals surface area contributed by atoms with Crippen molar-refractivity contribution in [3.8, 4) is 22.5 Å². The van der Waals surface area contributed by atoms with Crippen molar-refractivity contribution in [3.63, 3.8) is 0 Å². The lowest BCUT2D eigenvalue weighted by Gasteiger charge is -2.15. The van der Waals surface area contributed by atoms with Crippen LogP contribution in [0.2, 0.25) is 0 Å². The molecule has 1 unspecified atom stereocenters. The summed E-state index contributed by atoms with van der Waals surface area (Å²) < 4.78 is 9.24. The summed E-state index contributed by atoms with van der Waals surface area (Å²) in [5.41, 5.74) is 3.19. The quantitative estimate of drug-likeness (QED) is 0.316. The van der Waals surface area contributed by atoms with Gasteiger partial charge in [-0.15, -0.1) is 9.83 Å². The van der Waals surface area contributed by atoms with Crippen LogP contribution in [0.1, 0.15) is 37.9 Å². The third-order valence-electron chi connectivity index (χ3n) is 6.52. The second-order valence-electron chi connectivity index (χ2n) is 8.80. The molecule has 12 heteroatoms. The van der Waals surface area contributed by atoms with Crippen LogP contribution in [0.25, 0.3) is 33.7 Å². The highest BCUT2D eigenvalue weighted by Crippen LogP contribution is 2.30. The van der Waals surface area contributed by atoms with E-state index in [0.717, 1.165) is 38.0 Å². The monoisotopic (exact) mass is 516 g/mol. The molecule has 3 heterocycles. The van der Waals surface area contributed by atoms with Crippen molar-refractivity contribution in [2.75, 3.05) is 14.2 Å². The SMILES string of the molecule is CCCc1nc2c(c(=O)n(C(C)OC)c(=O)n2OC)n1Cc1ccc(-c2ccccc2-c2nnn[nH]2)cc1. The molecule has 2 aromatic carbocycles. The molecule has 38 heavy (non-hydrogen) atoms. The van der Waals surface area contributed by atoms with Gasteiger partial charge in [-0.05, 0) is 40.5 Å². The summed E-state index contributed by atoms with van der Waals surface area (Å²) in [6, 6.07) is 15.9. The smallest absolute Gasteiger partial charge is 0.368 e. The molecule has 5 rings (SSSR count). The number of aryl methyl sites for hydroxylation is 1. The number of hydrogen-bond donors (Lipinski definition) is 1. The van der Waals surface area contributed by atoms with E-state index in [9.17, 15) is 9.59 Å². The van der Waals surface area contributed by atoms with E-state index >= 15 is 0 Å². The lowest BCUT2D eigenvalue weighted by molar-refractivity contribution is 0.0456. The minimum atomic E-state index is -0.780. The number of rotatable bonds is 9. The average molecular weight is 517 g/mol. The highest BCUT2D eigenvalue weighted by Gasteiger charge is 2.24. The molecule has 12 nitrogen and oxygen atoms in total. The first kappa shape index (κ1) is 25.1. The first-order chi connectivity index (χ1) is 18.5. The summed E-state index contributed by atoms with van der Waals surface area (Å²) in [6.07, 6.45) is 0.662. The topological polar surface area (TPSA) is 135 Å². The zero-order valence-corrected chi connectivity index (χ0v) is 21.6. The van der Waals surface area contributed by atoms with Gasteiger partial charge in [-0.25, -0.2) is 19.4 Å². The molecule has 1 atom stereocenters. The zero-order valence-electron chi connectivity index (χ0n) is 21.6. The highest BCUT2D eigenvalue weighted by atomic mass is 16.7. The largest absolute Gasteiger partial charge is 0.411 e. The standard InChI is InChI=1S/C26H28N8O4/c1-5-8-21-27-24-22(25(35)33(16(2)37-3)26(36)34(24)38-4)32(21)15-17-11-13-18(14-12-17)19-9-6-7-10-20(19)23-28-30-31-29-23/h6-7,9-14,16H,5,8,15H2,1-4H3,(H,28,29,30,31). The Hall–Kier alpha value is -4.58. The van der Waals surface area contributed by atoms with Crippen LogP contribution in [0, 0.1) is 0 Å². The normalized spacial score (nSPS) is 12.2. The van der Waals surface area contributed by atoms with E-state index < -0.39 is 17.5 Å². The van der Waals surface area contributed by atoms with Gasteiger partial charge in [0, 0.05) is 25.6 Å². The summed E-state index contributed by atoms with van der Waals surface area (Å²) >= 11 is 0. The number of nitrogens with zero attached hydrogens (tertiary/aromatic N) is 7. The van der Waals surface area contributed by atoms with Gasteiger partial charge in [-0.2, -0.15) is 0 Å². The Morgan fingerprint density at radius 1 is 1.03 bits per heavy atom. The summed E-state index contributed by atoms with van der Waals surface area (Å²) in [7, 11) is 2.81. The van der Waals surface area contributed by atoms with Crippen LogP contribution in [0.3, 0.4) is 0 Å². The maximum absolute atomic E-state index is 13.6. The van der Waals surface area contributed by atoms with Gasteiger partial charge in [-0.3, -0.25) is 4.79 Å². The maximum atomic E-state index is 13.6. The van der Waals surface area contributed by atoms with Gasteiger partial charge in [0.1, 0.15) is 19.2 Å². The third kappa shape index (κ3) is 4.28. The number of nitrogens with one attached hydrogen (secondary N) is 1. The highest BCUT2D eigenvalue weighted by molar-refractivity contribution is 5.80. The van der Waals surface area contributed by atoms with Crippen molar-refractivity contribution >= 4 is 11.2 Å². The molecular formula is C26H28N8O4. The molecule has 0 aliphatic rings. The Balaban J connectivity index is 1.60. The van der Waals surface area contributed by atoms with Crippen LogP contribution in [-0.2, 0) is 17.7 Å². The van der Waals surface area contributed by atoms with E-state index in [2.05, 4.69) is 25.6 Å². The molecular weight excluding hydrogens is 488 g/mol. The molecule has 0 saturated heterocycles. The Morgan fingerprint density at radius 3 is 2.39 bits per heavy atom. The molecule has 0 saturated carbocycles. The number of ether oxygens (including phenoxy) is 1. The number of hydrogen-bond acceptors (Lipinski definition) is 8. The molecule has 0 bridgehead atoms. The van der Waals surface area contributed by atoms with Gasteiger partial charge in [0.2, 0.25) is 5.65 Å². The van der Waals surface area contributed by atoms with Crippen molar-refractivity contribution in [3.05, 3.63) is 80.8 Å². The number of tetrazole rings is 1. The fourth-order valence-electron chi connectivity index (χ4n) is 4.59. The van der Waals surface area contributed by atoms with Crippen molar-refractivity contribution in [1.29, 1.82) is 0 Å². The molecule has 0 aliphatic heterocycles. The van der Waals surface area contributed by atoms with Gasteiger partial charge < -0.3 is 14.1 Å². The molecule has 1 N–H and O–H groups in total. The Bertz CT molecular complexity index is 1680. The van der Waals surface area contributed by atoms with E-state index in [1.165, 1.54) is 14.2 Å². The molecule has 3 aromatic heterocycles. The third-order valence-corrected chi connectivity index (χ3v) is 6.52. The molecule has 5 aromatic rings. The number of benzene rings is 2. The van der Waals surface area contributed by atoms with Gasteiger partial charge in [-0.1, -0.05) is 55.5 Å². The predicted octanol–water partition coefficient (Wildman–Crippen LogP) is 2.43. The lowest BCUT2D eigenvalue weighted by atomic mass is 9.98. The Labute approximate surface area is 217 Å². The van der Waals surface area contributed by atoms with Crippen molar-refractivity contribution in [2.24, 2.45) is 0 Å². The number of H-pyrrole nitrogens is 1. The van der Waals surface area contributed by atoms with E-state index in [1.54, 1.807) is 6.92 Å². The first-order valence-electron chi connectivity index (χ1n) is 12.2. The van der Waals surface area contributed by atoms with E-state index in [0.29, 0.717) is 24.6 Å². The molecule has 0 fully saturated rings. The fourth-order valence-corrected chi connectivity index (χ4v) is 4.59. The lowest BCUT2D eigenvalue weighted by Crippen LogP contribution is -2.44. The number of fused-ring (bicyclic) bond motifs is 1. The first-order valence-corrected chi connectivity index (χ1v) is 12.2. The van der Waals surface area contributed by atoms with Crippen LogP contribution in [0.4, 0.5) is 0 Å². The minimum Gasteiger partial charge on any atom is -0.411 e. The number of aromatic amines is 1. The van der Waals surface area contributed by atoms with E-state index in [4.69, 9.17) is 9.57 Å². The second-order valence-corrected chi connectivity index (χ2v) is 8.80. The van der Waals surface area contributed by atoms with Crippen molar-refractivity contribution < 1.29 is 9.57 Å². The van der Waals surface area contributed by atoms with E-state index in [-0.39, 0.29) is 11.2 Å². The molecule has 0 amide bonds. The maximum Gasteiger partial charge on any atom is 0.368 e. The summed E-state index contributed by atoms with van der Waals surface area (Å²) in [5, 5.41) is 14.2. The Morgan fingerprint density at radius 2 is 1.76 bits per heavy atom. The molecule has 0 spiro atoms. The summed E-state index contributed by atoms with van der Waals surface area (Å²) in [4.78, 5) is 36.6. The number of aromatic nitrogens is 8. The van der Waals surface area contributed by atoms with Crippen LogP contribution < -0.4 is 16.1 Å². The molecule has 0 aliphatic carbocycles. The number of imidazole rings is 1. The minimum absolute atomic E-state index is 0.191. The van der Waals surface area contributed by atoms with Gasteiger partial charge in [0.15, 0.2) is 11.3 Å². The van der Waals surface area contributed by atoms with Crippen LogP contribution in [0.15, 0.2) is 58.1 Å². The zero-order chi connectivity index (χ0) is 26.8. The second kappa shape index (κ2) is 10.4.